The van der Waals surface area contributed by atoms with E-state index in [-0.39, 0.29) is 16.3 Å². The third-order valence-corrected chi connectivity index (χ3v) is 4.18. The highest BCUT2D eigenvalue weighted by Crippen LogP contribution is 2.40. The van der Waals surface area contributed by atoms with Gasteiger partial charge in [0.25, 0.3) is 10.8 Å². The summed E-state index contributed by atoms with van der Waals surface area (Å²) in [6, 6.07) is 1.72. The van der Waals surface area contributed by atoms with E-state index in [1.807, 2.05) is 0 Å². The fourth-order valence-electron chi connectivity index (χ4n) is 2.17. The van der Waals surface area contributed by atoms with Crippen LogP contribution in [0.3, 0.4) is 0 Å². The van der Waals surface area contributed by atoms with E-state index in [1.54, 1.807) is 0 Å². The van der Waals surface area contributed by atoms with Crippen molar-refractivity contribution in [3.8, 4) is 0 Å². The lowest BCUT2D eigenvalue weighted by molar-refractivity contribution is -0.145. The van der Waals surface area contributed by atoms with Crippen LogP contribution < -0.4 is 11.1 Å². The smallest absolute Gasteiger partial charge is 0.418 e. The standard InChI is InChI=1S/C14H10Cl2F3N3O3/c1-25-12(24)13(16)9(20)4-8(22-11(13)23)6-2-5(15)3-7(10(6)21)14(17,18)19/h2-4,20H,21H2,1H3,(H,22,23). The van der Waals surface area contributed by atoms with Gasteiger partial charge in [0, 0.05) is 10.6 Å². The lowest BCUT2D eigenvalue weighted by atomic mass is 9.93. The first-order chi connectivity index (χ1) is 11.4. The predicted octanol–water partition coefficient (Wildman–Crippen LogP) is 2.58. The zero-order chi connectivity index (χ0) is 19.2. The number of rotatable bonds is 2. The predicted molar refractivity (Wildman–Crippen MR) is 85.3 cm³/mol. The minimum Gasteiger partial charge on any atom is -0.467 e. The highest BCUT2D eigenvalue weighted by molar-refractivity contribution is 6.60. The van der Waals surface area contributed by atoms with Crippen LogP contribution in [0.1, 0.15) is 11.1 Å². The number of nitrogens with two attached hydrogens (primary N) is 1. The van der Waals surface area contributed by atoms with Gasteiger partial charge in [0.05, 0.1) is 29.8 Å². The van der Waals surface area contributed by atoms with Crippen LogP contribution in [-0.4, -0.2) is 29.6 Å². The third-order valence-electron chi connectivity index (χ3n) is 3.43. The molecule has 1 aliphatic heterocycles. The van der Waals surface area contributed by atoms with E-state index in [4.69, 9.17) is 34.3 Å². The Morgan fingerprint density at radius 1 is 1.40 bits per heavy atom. The summed E-state index contributed by atoms with van der Waals surface area (Å²) in [7, 11) is 0.969. The Labute approximate surface area is 149 Å². The number of alkyl halides is 4. The van der Waals surface area contributed by atoms with Crippen LogP contribution in [0.25, 0.3) is 5.70 Å². The van der Waals surface area contributed by atoms with Crippen LogP contribution in [0.5, 0.6) is 0 Å². The SMILES string of the molecule is COC(=O)C1(Cl)C(=N)C=C(c2cc(Cl)cc(C(F)(F)F)c2N)NC1=O. The number of carbonyl (C=O) groups excluding carboxylic acids is 2. The van der Waals surface area contributed by atoms with E-state index in [2.05, 4.69) is 10.1 Å². The summed E-state index contributed by atoms with van der Waals surface area (Å²) in [6.45, 7) is 0. The Balaban J connectivity index is 2.61. The van der Waals surface area contributed by atoms with Crippen molar-refractivity contribution in [2.45, 2.75) is 11.1 Å². The molecule has 0 saturated carbocycles. The van der Waals surface area contributed by atoms with Gasteiger partial charge in [-0.3, -0.25) is 4.79 Å². The molecular weight excluding hydrogens is 386 g/mol. The van der Waals surface area contributed by atoms with Crippen LogP contribution in [0.4, 0.5) is 18.9 Å². The first kappa shape index (κ1) is 19.1. The van der Waals surface area contributed by atoms with Gasteiger partial charge in [-0.25, -0.2) is 4.79 Å². The maximum atomic E-state index is 13.0. The van der Waals surface area contributed by atoms with Crippen LogP contribution in [0.15, 0.2) is 18.2 Å². The molecule has 1 unspecified atom stereocenters. The van der Waals surface area contributed by atoms with E-state index in [1.165, 1.54) is 0 Å². The van der Waals surface area contributed by atoms with Crippen LogP contribution in [0, 0.1) is 5.41 Å². The van der Waals surface area contributed by atoms with Crippen molar-refractivity contribution in [1.82, 2.24) is 5.32 Å². The third kappa shape index (κ3) is 3.16. The molecule has 4 N–H and O–H groups in total. The number of carbonyl (C=O) groups is 2. The molecule has 0 bridgehead atoms. The number of benzene rings is 1. The molecule has 1 amide bonds. The van der Waals surface area contributed by atoms with Gasteiger partial charge in [-0.2, -0.15) is 13.2 Å². The molecule has 0 aliphatic carbocycles. The summed E-state index contributed by atoms with van der Waals surface area (Å²) in [5.41, 5.74) is 2.45. The Bertz CT molecular complexity index is 824. The highest BCUT2D eigenvalue weighted by Gasteiger charge is 2.51. The quantitative estimate of drug-likeness (QED) is 0.309. The molecular formula is C14H10Cl2F3N3O3. The van der Waals surface area contributed by atoms with E-state index in [0.29, 0.717) is 6.07 Å². The number of nitrogens with one attached hydrogen (secondary N) is 2. The van der Waals surface area contributed by atoms with Gasteiger partial charge in [0.2, 0.25) is 0 Å². The Morgan fingerprint density at radius 2 is 2.00 bits per heavy atom. The number of allylic oxidation sites excluding steroid dienone is 1. The van der Waals surface area contributed by atoms with Crippen molar-refractivity contribution in [3.63, 3.8) is 0 Å². The molecule has 11 heteroatoms. The average Bonchev–Trinajstić information content (AvgIpc) is 2.52. The van der Waals surface area contributed by atoms with E-state index in [0.717, 1.165) is 19.3 Å². The number of halogens is 5. The number of hydrogen-bond acceptors (Lipinski definition) is 5. The van der Waals surface area contributed by atoms with Crippen molar-refractivity contribution in [2.24, 2.45) is 0 Å². The summed E-state index contributed by atoms with van der Waals surface area (Å²) in [5, 5.41) is 9.70. The lowest BCUT2D eigenvalue weighted by Crippen LogP contribution is -2.56. The molecule has 0 saturated heterocycles. The zero-order valence-electron chi connectivity index (χ0n) is 12.4. The molecule has 6 nitrogen and oxygen atoms in total. The van der Waals surface area contributed by atoms with Gasteiger partial charge >= 0.3 is 12.1 Å². The lowest BCUT2D eigenvalue weighted by Gasteiger charge is -2.28. The summed E-state index contributed by atoms with van der Waals surface area (Å²) < 4.78 is 43.5. The maximum absolute atomic E-state index is 13.0. The van der Waals surface area contributed by atoms with E-state index in [9.17, 15) is 22.8 Å². The molecule has 0 aromatic heterocycles. The van der Waals surface area contributed by atoms with Gasteiger partial charge in [-0.1, -0.05) is 23.2 Å². The zero-order valence-corrected chi connectivity index (χ0v) is 13.9. The minimum atomic E-state index is -4.78. The van der Waals surface area contributed by atoms with E-state index < -0.39 is 39.9 Å². The van der Waals surface area contributed by atoms with Crippen molar-refractivity contribution >= 4 is 52.2 Å². The van der Waals surface area contributed by atoms with Crippen molar-refractivity contribution in [2.75, 3.05) is 12.8 Å². The van der Waals surface area contributed by atoms with Crippen molar-refractivity contribution in [1.29, 1.82) is 5.41 Å². The second-order valence-electron chi connectivity index (χ2n) is 4.99. The monoisotopic (exact) mass is 395 g/mol. The summed E-state index contributed by atoms with van der Waals surface area (Å²) in [4.78, 5) is 21.4. The Hall–Kier alpha value is -2.26. The number of nitrogen functional groups attached to an aromatic ring is 1. The highest BCUT2D eigenvalue weighted by atomic mass is 35.5. The number of hydrogen-bond donors (Lipinski definition) is 3. The van der Waals surface area contributed by atoms with Gasteiger partial charge in [-0.15, -0.1) is 0 Å². The van der Waals surface area contributed by atoms with E-state index >= 15 is 0 Å². The normalized spacial score (nSPS) is 20.8. The molecule has 25 heavy (non-hydrogen) atoms. The molecule has 1 aromatic rings. The van der Waals surface area contributed by atoms with Crippen LogP contribution >= 0.6 is 23.2 Å². The summed E-state index contributed by atoms with van der Waals surface area (Å²) in [5.74, 6) is -2.36. The molecule has 0 spiro atoms. The Kier molecular flexibility index (Phi) is 4.75. The first-order valence-corrected chi connectivity index (χ1v) is 7.24. The second-order valence-corrected chi connectivity index (χ2v) is 5.99. The van der Waals surface area contributed by atoms with Gasteiger partial charge in [0.1, 0.15) is 0 Å². The number of amides is 1. The molecule has 1 heterocycles. The number of esters is 1. The van der Waals surface area contributed by atoms with Gasteiger partial charge in [0.15, 0.2) is 0 Å². The largest absolute Gasteiger partial charge is 0.467 e. The summed E-state index contributed by atoms with van der Waals surface area (Å²) >= 11 is 11.6. The fourth-order valence-corrected chi connectivity index (χ4v) is 2.57. The molecule has 1 aromatic carbocycles. The number of anilines is 1. The molecule has 0 fully saturated rings. The number of ether oxygens (including phenoxy) is 1. The average molecular weight is 396 g/mol. The molecule has 0 radical (unpaired) electrons. The maximum Gasteiger partial charge on any atom is 0.418 e. The fraction of sp³-hybridized carbons (Fsp3) is 0.214. The van der Waals surface area contributed by atoms with Crippen molar-refractivity contribution in [3.05, 3.63) is 34.4 Å². The molecule has 2 rings (SSSR count). The second kappa shape index (κ2) is 6.23. The van der Waals surface area contributed by atoms with Gasteiger partial charge < -0.3 is 21.2 Å². The van der Waals surface area contributed by atoms with Crippen LogP contribution in [0.2, 0.25) is 5.02 Å². The first-order valence-electron chi connectivity index (χ1n) is 6.49. The summed E-state index contributed by atoms with van der Waals surface area (Å²) in [6.07, 6.45) is -3.87. The molecule has 1 atom stereocenters. The minimum absolute atomic E-state index is 0.249. The van der Waals surface area contributed by atoms with Crippen LogP contribution in [-0.2, 0) is 20.5 Å². The van der Waals surface area contributed by atoms with Gasteiger partial charge in [-0.05, 0) is 18.2 Å². The van der Waals surface area contributed by atoms with Crippen molar-refractivity contribution < 1.29 is 27.5 Å². The molecule has 1 aliphatic rings. The topological polar surface area (TPSA) is 105 Å². The Morgan fingerprint density at radius 3 is 2.48 bits per heavy atom. The molecule has 134 valence electrons. The number of methoxy groups -OCH3 is 1.